The molecule has 1 saturated heterocycles. The van der Waals surface area contributed by atoms with Crippen LogP contribution in [-0.4, -0.2) is 34.7 Å². The normalized spacial score (nSPS) is 22.8. The van der Waals surface area contributed by atoms with Crippen LogP contribution in [0.1, 0.15) is 24.8 Å². The molecule has 1 amide bonds. The largest absolute Gasteiger partial charge is 0.480 e. The van der Waals surface area contributed by atoms with Crippen molar-refractivity contribution in [2.75, 3.05) is 6.54 Å². The Balaban J connectivity index is 1.59. The Labute approximate surface area is 117 Å². The first-order valence-electron chi connectivity index (χ1n) is 6.82. The summed E-state index contributed by atoms with van der Waals surface area (Å²) in [5.41, 5.74) is 0.712. The molecule has 0 aromatic heterocycles. The summed E-state index contributed by atoms with van der Waals surface area (Å²) in [5.74, 6) is -0.924. The van der Waals surface area contributed by atoms with Crippen molar-refractivity contribution in [3.05, 3.63) is 35.9 Å². The first-order valence-corrected chi connectivity index (χ1v) is 6.82. The van der Waals surface area contributed by atoms with E-state index in [0.717, 1.165) is 24.8 Å². The van der Waals surface area contributed by atoms with Crippen LogP contribution in [0.25, 0.3) is 0 Å². The Morgan fingerprint density at radius 3 is 2.55 bits per heavy atom. The molecule has 20 heavy (non-hydrogen) atoms. The Hall–Kier alpha value is -2.04. The minimum atomic E-state index is -0.924. The Morgan fingerprint density at radius 1 is 1.30 bits per heavy atom. The van der Waals surface area contributed by atoms with Crippen LogP contribution in [0.5, 0.6) is 0 Å². The molecule has 5 nitrogen and oxygen atoms in total. The quantitative estimate of drug-likeness (QED) is 0.918. The summed E-state index contributed by atoms with van der Waals surface area (Å²) in [7, 11) is 0. The minimum absolute atomic E-state index is 0.176. The topological polar surface area (TPSA) is 66.8 Å². The van der Waals surface area contributed by atoms with Crippen LogP contribution in [0.15, 0.2) is 30.3 Å². The highest BCUT2D eigenvalue weighted by Crippen LogP contribution is 2.53. The van der Waals surface area contributed by atoms with E-state index in [1.165, 1.54) is 4.90 Å². The van der Waals surface area contributed by atoms with E-state index in [1.54, 1.807) is 0 Å². The molecule has 1 aliphatic carbocycles. The average Bonchev–Trinajstić information content (AvgIpc) is 2.34. The predicted octanol–water partition coefficient (Wildman–Crippen LogP) is 2.26. The average molecular weight is 275 g/mol. The van der Waals surface area contributed by atoms with Gasteiger partial charge in [-0.25, -0.2) is 9.59 Å². The fourth-order valence-electron chi connectivity index (χ4n) is 3.17. The minimum Gasteiger partial charge on any atom is -0.480 e. The number of hydrogen-bond acceptors (Lipinski definition) is 3. The second-order valence-electron chi connectivity index (χ2n) is 5.62. The standard InChI is InChI=1S/C15H17NO4/c17-13(18)12-15(7-4-8-15)10-16(12)14(19)20-9-11-5-2-1-3-6-11/h1-3,5-6,12H,4,7-10H2,(H,17,18). The molecule has 0 bridgehead atoms. The number of carbonyl (C=O) groups is 2. The molecule has 1 N–H and O–H groups in total. The molecule has 2 fully saturated rings. The zero-order valence-electron chi connectivity index (χ0n) is 11.1. The number of ether oxygens (including phenoxy) is 1. The van der Waals surface area contributed by atoms with E-state index in [2.05, 4.69) is 0 Å². The highest BCUT2D eigenvalue weighted by molar-refractivity contribution is 5.83. The van der Waals surface area contributed by atoms with Gasteiger partial charge in [0.05, 0.1) is 0 Å². The first kappa shape index (κ1) is 13.0. The predicted molar refractivity (Wildman–Crippen MR) is 71.0 cm³/mol. The summed E-state index contributed by atoms with van der Waals surface area (Å²) in [6.45, 7) is 0.688. The number of benzene rings is 1. The smallest absolute Gasteiger partial charge is 0.410 e. The van der Waals surface area contributed by atoms with Crippen LogP contribution in [0.4, 0.5) is 4.79 Å². The third kappa shape index (κ3) is 2.03. The number of aliphatic carboxylic acids is 1. The zero-order valence-corrected chi connectivity index (χ0v) is 11.1. The molecule has 2 aliphatic rings. The van der Waals surface area contributed by atoms with Crippen molar-refractivity contribution in [1.29, 1.82) is 0 Å². The fourth-order valence-corrected chi connectivity index (χ4v) is 3.17. The number of carbonyl (C=O) groups excluding carboxylic acids is 1. The summed E-state index contributed by atoms with van der Waals surface area (Å²) in [6.07, 6.45) is 2.31. The molecule has 1 aliphatic heterocycles. The van der Waals surface area contributed by atoms with Crippen LogP contribution in [0, 0.1) is 5.41 Å². The molecule has 106 valence electrons. The lowest BCUT2D eigenvalue weighted by atomic mass is 9.58. The van der Waals surface area contributed by atoms with Crippen molar-refractivity contribution in [1.82, 2.24) is 4.90 Å². The third-order valence-electron chi connectivity index (χ3n) is 4.40. The maximum absolute atomic E-state index is 12.0. The molecule has 1 unspecified atom stereocenters. The second kappa shape index (κ2) is 4.81. The second-order valence-corrected chi connectivity index (χ2v) is 5.62. The van der Waals surface area contributed by atoms with E-state index < -0.39 is 18.1 Å². The highest BCUT2D eigenvalue weighted by atomic mass is 16.6. The van der Waals surface area contributed by atoms with Gasteiger partial charge < -0.3 is 9.84 Å². The SMILES string of the molecule is O=C(O)C1N(C(=O)OCc2ccccc2)CC12CCC2. The number of nitrogens with zero attached hydrogens (tertiary/aromatic N) is 1. The van der Waals surface area contributed by atoms with Gasteiger partial charge in [-0.1, -0.05) is 36.8 Å². The van der Waals surface area contributed by atoms with Gasteiger partial charge in [0, 0.05) is 12.0 Å². The van der Waals surface area contributed by atoms with Gasteiger partial charge in [0.1, 0.15) is 12.6 Å². The van der Waals surface area contributed by atoms with Gasteiger partial charge in [0.15, 0.2) is 0 Å². The lowest BCUT2D eigenvalue weighted by Gasteiger charge is -2.59. The Kier molecular flexibility index (Phi) is 3.12. The van der Waals surface area contributed by atoms with Crippen molar-refractivity contribution in [3.63, 3.8) is 0 Å². The number of carboxylic acids is 1. The molecule has 1 spiro atoms. The van der Waals surface area contributed by atoms with Gasteiger partial charge in [-0.3, -0.25) is 4.90 Å². The lowest BCUT2D eigenvalue weighted by Crippen LogP contribution is -2.71. The molecule has 1 atom stereocenters. The lowest BCUT2D eigenvalue weighted by molar-refractivity contribution is -0.172. The van der Waals surface area contributed by atoms with E-state index in [4.69, 9.17) is 4.74 Å². The van der Waals surface area contributed by atoms with E-state index in [9.17, 15) is 14.7 Å². The van der Waals surface area contributed by atoms with Crippen LogP contribution < -0.4 is 0 Å². The molecule has 1 aromatic rings. The summed E-state index contributed by atoms with van der Waals surface area (Å²) >= 11 is 0. The highest BCUT2D eigenvalue weighted by Gasteiger charge is 2.61. The molecule has 1 heterocycles. The molecular weight excluding hydrogens is 258 g/mol. The Bertz CT molecular complexity index is 524. The maximum atomic E-state index is 12.0. The number of carboxylic acid groups (broad SMARTS) is 1. The van der Waals surface area contributed by atoms with Gasteiger partial charge in [-0.15, -0.1) is 0 Å². The summed E-state index contributed by atoms with van der Waals surface area (Å²) in [5, 5.41) is 9.29. The number of amides is 1. The van der Waals surface area contributed by atoms with E-state index in [0.29, 0.717) is 6.54 Å². The van der Waals surface area contributed by atoms with Crippen LogP contribution in [0.2, 0.25) is 0 Å². The van der Waals surface area contributed by atoms with E-state index in [-0.39, 0.29) is 12.0 Å². The first-order chi connectivity index (χ1) is 9.62. The van der Waals surface area contributed by atoms with Crippen molar-refractivity contribution in [3.8, 4) is 0 Å². The van der Waals surface area contributed by atoms with Gasteiger partial charge in [0.2, 0.25) is 0 Å². The maximum Gasteiger partial charge on any atom is 0.410 e. The van der Waals surface area contributed by atoms with E-state index >= 15 is 0 Å². The molecular formula is C15H17NO4. The molecule has 1 aromatic carbocycles. The Morgan fingerprint density at radius 2 is 2.00 bits per heavy atom. The van der Waals surface area contributed by atoms with Gasteiger partial charge in [0.25, 0.3) is 0 Å². The zero-order chi connectivity index (χ0) is 14.2. The summed E-state index contributed by atoms with van der Waals surface area (Å²) < 4.78 is 5.20. The van der Waals surface area contributed by atoms with Crippen LogP contribution in [0.3, 0.4) is 0 Å². The third-order valence-corrected chi connectivity index (χ3v) is 4.40. The molecule has 1 saturated carbocycles. The number of rotatable bonds is 3. The molecule has 3 rings (SSSR count). The van der Waals surface area contributed by atoms with Gasteiger partial charge in [-0.2, -0.15) is 0 Å². The molecule has 0 radical (unpaired) electrons. The van der Waals surface area contributed by atoms with Crippen molar-refractivity contribution >= 4 is 12.1 Å². The summed E-state index contributed by atoms with van der Waals surface area (Å²) in [4.78, 5) is 24.6. The monoisotopic (exact) mass is 275 g/mol. The molecule has 5 heteroatoms. The van der Waals surface area contributed by atoms with Gasteiger partial charge in [-0.05, 0) is 18.4 Å². The van der Waals surface area contributed by atoms with Crippen LogP contribution >= 0.6 is 0 Å². The number of hydrogen-bond donors (Lipinski definition) is 1. The summed E-state index contributed by atoms with van der Waals surface area (Å²) in [6, 6.07) is 8.66. The van der Waals surface area contributed by atoms with Crippen LogP contribution in [-0.2, 0) is 16.1 Å². The van der Waals surface area contributed by atoms with Crippen molar-refractivity contribution < 1.29 is 19.4 Å². The van der Waals surface area contributed by atoms with Gasteiger partial charge >= 0.3 is 12.1 Å². The fraction of sp³-hybridized carbons (Fsp3) is 0.467. The van der Waals surface area contributed by atoms with Crippen molar-refractivity contribution in [2.45, 2.75) is 31.9 Å². The van der Waals surface area contributed by atoms with E-state index in [1.807, 2.05) is 30.3 Å². The van der Waals surface area contributed by atoms with Crippen molar-refractivity contribution in [2.24, 2.45) is 5.41 Å². The number of likely N-dealkylation sites (tertiary alicyclic amines) is 1.